The van der Waals surface area contributed by atoms with Crippen molar-refractivity contribution in [1.82, 2.24) is 4.72 Å². The number of hydrogen-bond donors (Lipinski definition) is 2. The average Bonchev–Trinajstić information content (AvgIpc) is 3.43. The first-order valence-electron chi connectivity index (χ1n) is 8.04. The molecular formula is C16H16N4O6S. The predicted octanol–water partition coefficient (Wildman–Crippen LogP) is 2.56. The molecule has 1 aliphatic rings. The highest BCUT2D eigenvalue weighted by molar-refractivity contribution is 7.89. The van der Waals surface area contributed by atoms with Gasteiger partial charge in [0.05, 0.1) is 20.8 Å². The van der Waals surface area contributed by atoms with E-state index in [0.29, 0.717) is 5.56 Å². The number of non-ortho nitro benzene ring substituents is 1. The molecule has 142 valence electrons. The monoisotopic (exact) mass is 392 g/mol. The number of anilines is 1. The highest BCUT2D eigenvalue weighted by atomic mass is 32.2. The van der Waals surface area contributed by atoms with E-state index in [1.807, 2.05) is 0 Å². The van der Waals surface area contributed by atoms with Gasteiger partial charge in [0.25, 0.3) is 11.4 Å². The van der Waals surface area contributed by atoms with Gasteiger partial charge in [0.15, 0.2) is 0 Å². The first kappa shape index (κ1) is 18.7. The van der Waals surface area contributed by atoms with Crippen LogP contribution in [-0.2, 0) is 16.6 Å². The Morgan fingerprint density at radius 3 is 2.22 bits per heavy atom. The van der Waals surface area contributed by atoms with Gasteiger partial charge in [-0.2, -0.15) is 0 Å². The number of benzene rings is 2. The third-order valence-electron chi connectivity index (χ3n) is 4.00. The van der Waals surface area contributed by atoms with Gasteiger partial charge in [-0.05, 0) is 36.6 Å². The van der Waals surface area contributed by atoms with E-state index in [2.05, 4.69) is 10.0 Å². The molecule has 0 aliphatic heterocycles. The van der Waals surface area contributed by atoms with Gasteiger partial charge >= 0.3 is 0 Å². The lowest BCUT2D eigenvalue weighted by Gasteiger charge is -2.09. The zero-order valence-corrected chi connectivity index (χ0v) is 14.8. The maximum atomic E-state index is 12.1. The fourth-order valence-corrected chi connectivity index (χ4v) is 3.71. The van der Waals surface area contributed by atoms with Gasteiger partial charge in [0.1, 0.15) is 5.69 Å². The molecule has 0 amide bonds. The maximum Gasteiger partial charge on any atom is 0.299 e. The van der Waals surface area contributed by atoms with Crippen molar-refractivity contribution in [2.24, 2.45) is 0 Å². The van der Waals surface area contributed by atoms with Crippen LogP contribution in [0, 0.1) is 20.2 Å². The molecule has 2 aromatic rings. The number of nitro benzene ring substituents is 2. The van der Waals surface area contributed by atoms with Crippen molar-refractivity contribution in [3.05, 3.63) is 68.3 Å². The molecule has 2 aromatic carbocycles. The SMILES string of the molecule is O=[N+]([O-])c1ccc(NCc2ccc(S(=O)(=O)NC3CC3)cc2)c([N+](=O)[O-])c1. The Bertz CT molecular complexity index is 986. The summed E-state index contributed by atoms with van der Waals surface area (Å²) in [7, 11) is -3.54. The van der Waals surface area contributed by atoms with Gasteiger partial charge in [-0.15, -0.1) is 0 Å². The summed E-state index contributed by atoms with van der Waals surface area (Å²) in [4.78, 5) is 20.6. The highest BCUT2D eigenvalue weighted by Gasteiger charge is 2.27. The minimum atomic E-state index is -3.54. The fourth-order valence-electron chi connectivity index (χ4n) is 2.41. The molecule has 1 fully saturated rings. The Kier molecular flexibility index (Phi) is 5.06. The Morgan fingerprint density at radius 2 is 1.67 bits per heavy atom. The van der Waals surface area contributed by atoms with E-state index >= 15 is 0 Å². The molecule has 0 spiro atoms. The van der Waals surface area contributed by atoms with E-state index in [9.17, 15) is 28.6 Å². The second kappa shape index (κ2) is 7.29. The molecule has 27 heavy (non-hydrogen) atoms. The summed E-state index contributed by atoms with van der Waals surface area (Å²) in [6.07, 6.45) is 1.69. The van der Waals surface area contributed by atoms with E-state index in [4.69, 9.17) is 0 Å². The number of nitrogens with zero attached hydrogens (tertiary/aromatic N) is 2. The number of rotatable bonds is 8. The van der Waals surface area contributed by atoms with Crippen LogP contribution in [0.5, 0.6) is 0 Å². The Hall–Kier alpha value is -3.05. The van der Waals surface area contributed by atoms with Crippen LogP contribution in [0.2, 0.25) is 0 Å². The summed E-state index contributed by atoms with van der Waals surface area (Å²) >= 11 is 0. The predicted molar refractivity (Wildman–Crippen MR) is 96.9 cm³/mol. The molecule has 1 aliphatic carbocycles. The summed E-state index contributed by atoms with van der Waals surface area (Å²) in [5.74, 6) is 0. The molecule has 0 unspecified atom stereocenters. The van der Waals surface area contributed by atoms with Crippen LogP contribution < -0.4 is 10.0 Å². The topological polar surface area (TPSA) is 144 Å². The van der Waals surface area contributed by atoms with Crippen molar-refractivity contribution < 1.29 is 18.3 Å². The van der Waals surface area contributed by atoms with E-state index in [0.717, 1.165) is 18.9 Å². The van der Waals surface area contributed by atoms with Gasteiger partial charge in [-0.25, -0.2) is 13.1 Å². The van der Waals surface area contributed by atoms with Crippen molar-refractivity contribution in [3.63, 3.8) is 0 Å². The van der Waals surface area contributed by atoms with Crippen molar-refractivity contribution in [3.8, 4) is 0 Å². The third-order valence-corrected chi connectivity index (χ3v) is 5.54. The Balaban J connectivity index is 1.71. The maximum absolute atomic E-state index is 12.1. The van der Waals surface area contributed by atoms with Crippen LogP contribution in [0.1, 0.15) is 18.4 Å². The van der Waals surface area contributed by atoms with Crippen LogP contribution in [0.25, 0.3) is 0 Å². The summed E-state index contributed by atoms with van der Waals surface area (Å²) in [5.41, 5.74) is 0.0627. The van der Waals surface area contributed by atoms with Crippen LogP contribution in [-0.4, -0.2) is 24.3 Å². The lowest BCUT2D eigenvalue weighted by atomic mass is 10.2. The van der Waals surface area contributed by atoms with Crippen molar-refractivity contribution in [2.75, 3.05) is 5.32 Å². The number of nitrogens with one attached hydrogen (secondary N) is 2. The molecule has 11 heteroatoms. The zero-order valence-electron chi connectivity index (χ0n) is 14.0. The standard InChI is InChI=1S/C16H16N4O6S/c21-19(22)13-5-8-15(16(9-13)20(23)24)17-10-11-1-6-14(7-2-11)27(25,26)18-12-3-4-12/h1-2,5-9,12,17-18H,3-4,10H2. The first-order chi connectivity index (χ1) is 12.8. The number of nitro groups is 2. The Labute approximate surface area is 154 Å². The smallest absolute Gasteiger partial charge is 0.299 e. The zero-order chi connectivity index (χ0) is 19.6. The molecule has 2 N–H and O–H groups in total. The second-order valence-electron chi connectivity index (χ2n) is 6.11. The number of hydrogen-bond acceptors (Lipinski definition) is 7. The molecule has 0 atom stereocenters. The number of sulfonamides is 1. The highest BCUT2D eigenvalue weighted by Crippen LogP contribution is 2.29. The molecule has 3 rings (SSSR count). The molecule has 10 nitrogen and oxygen atoms in total. The van der Waals surface area contributed by atoms with Crippen molar-refractivity contribution in [2.45, 2.75) is 30.3 Å². The van der Waals surface area contributed by atoms with Crippen LogP contribution >= 0.6 is 0 Å². The molecule has 0 radical (unpaired) electrons. The van der Waals surface area contributed by atoms with Crippen molar-refractivity contribution in [1.29, 1.82) is 0 Å². The lowest BCUT2D eigenvalue weighted by Crippen LogP contribution is -2.25. The summed E-state index contributed by atoms with van der Waals surface area (Å²) in [5, 5.41) is 24.7. The summed E-state index contributed by atoms with van der Waals surface area (Å²) < 4.78 is 26.8. The molecule has 0 bridgehead atoms. The van der Waals surface area contributed by atoms with Gasteiger partial charge < -0.3 is 5.32 Å². The quantitative estimate of drug-likeness (QED) is 0.519. The van der Waals surface area contributed by atoms with E-state index in [1.165, 1.54) is 24.3 Å². The Morgan fingerprint density at radius 1 is 1.00 bits per heavy atom. The molecular weight excluding hydrogens is 376 g/mol. The molecule has 0 saturated heterocycles. The van der Waals surface area contributed by atoms with E-state index in [-0.39, 0.29) is 28.9 Å². The van der Waals surface area contributed by atoms with E-state index < -0.39 is 25.6 Å². The van der Waals surface area contributed by atoms with Gasteiger partial charge in [0.2, 0.25) is 10.0 Å². The summed E-state index contributed by atoms with van der Waals surface area (Å²) in [6, 6.07) is 9.49. The lowest BCUT2D eigenvalue weighted by molar-refractivity contribution is -0.393. The first-order valence-corrected chi connectivity index (χ1v) is 9.52. The van der Waals surface area contributed by atoms with Gasteiger partial charge in [-0.3, -0.25) is 20.2 Å². The third kappa shape index (κ3) is 4.57. The molecule has 0 aromatic heterocycles. The van der Waals surface area contributed by atoms with Crippen LogP contribution in [0.4, 0.5) is 17.1 Å². The minimum absolute atomic E-state index is 0.0130. The van der Waals surface area contributed by atoms with Gasteiger partial charge in [-0.1, -0.05) is 12.1 Å². The van der Waals surface area contributed by atoms with Crippen molar-refractivity contribution >= 4 is 27.1 Å². The summed E-state index contributed by atoms with van der Waals surface area (Å²) in [6.45, 7) is 0.190. The normalized spacial score (nSPS) is 13.9. The van der Waals surface area contributed by atoms with Crippen LogP contribution in [0.15, 0.2) is 47.4 Å². The fraction of sp³-hybridized carbons (Fsp3) is 0.250. The minimum Gasteiger partial charge on any atom is -0.375 e. The molecule has 0 heterocycles. The average molecular weight is 392 g/mol. The molecule has 1 saturated carbocycles. The van der Waals surface area contributed by atoms with Crippen LogP contribution in [0.3, 0.4) is 0 Å². The second-order valence-corrected chi connectivity index (χ2v) is 7.82. The largest absolute Gasteiger partial charge is 0.375 e. The van der Waals surface area contributed by atoms with E-state index in [1.54, 1.807) is 12.1 Å². The van der Waals surface area contributed by atoms with Gasteiger partial charge in [0, 0.05) is 18.7 Å².